The molecule has 100 valence electrons. The summed E-state index contributed by atoms with van der Waals surface area (Å²) in [6, 6.07) is 0.820. The highest BCUT2D eigenvalue weighted by Gasteiger charge is 2.23. The molecule has 17 heavy (non-hydrogen) atoms. The Hall–Kier alpha value is -0.0800. The Balaban J connectivity index is 1.62. The van der Waals surface area contributed by atoms with Crippen LogP contribution in [0.15, 0.2) is 0 Å². The van der Waals surface area contributed by atoms with Gasteiger partial charge in [-0.15, -0.1) is 0 Å². The number of rotatable bonds is 5. The van der Waals surface area contributed by atoms with Crippen LogP contribution in [0.5, 0.6) is 0 Å². The Morgan fingerprint density at radius 1 is 1.12 bits per heavy atom. The molecule has 2 nitrogen and oxygen atoms in total. The molecule has 1 N–H and O–H groups in total. The summed E-state index contributed by atoms with van der Waals surface area (Å²) in [6.45, 7) is 9.75. The van der Waals surface area contributed by atoms with Crippen LogP contribution in [0.2, 0.25) is 0 Å². The summed E-state index contributed by atoms with van der Waals surface area (Å²) >= 11 is 0. The molecule has 0 aromatic heterocycles. The maximum atomic E-state index is 3.74. The van der Waals surface area contributed by atoms with Gasteiger partial charge in [-0.3, -0.25) is 4.90 Å². The first-order valence-electron chi connectivity index (χ1n) is 7.74. The van der Waals surface area contributed by atoms with Crippen molar-refractivity contribution in [3.63, 3.8) is 0 Å². The van der Waals surface area contributed by atoms with Gasteiger partial charge in [-0.25, -0.2) is 0 Å². The molecule has 2 rings (SSSR count). The molecule has 0 bridgehead atoms. The standard InChI is InChI=1S/C15H30N2/c1-3-17-9-5-8-15(17)12-16-11-14-7-4-6-13(2)10-14/h13-16H,3-12H2,1-2H3. The second-order valence-electron chi connectivity index (χ2n) is 6.22. The van der Waals surface area contributed by atoms with E-state index in [0.29, 0.717) is 0 Å². The molecule has 1 aliphatic carbocycles. The quantitative estimate of drug-likeness (QED) is 0.792. The van der Waals surface area contributed by atoms with Gasteiger partial charge in [-0.1, -0.05) is 26.7 Å². The molecule has 2 heteroatoms. The SMILES string of the molecule is CCN1CCCC1CNCC1CCCC(C)C1. The molecule has 1 aliphatic heterocycles. The van der Waals surface area contributed by atoms with E-state index in [1.54, 1.807) is 0 Å². The third-order valence-electron chi connectivity index (χ3n) is 4.76. The number of hydrogen-bond acceptors (Lipinski definition) is 2. The molecular formula is C15H30N2. The van der Waals surface area contributed by atoms with E-state index in [-0.39, 0.29) is 0 Å². The lowest BCUT2D eigenvalue weighted by molar-refractivity contribution is 0.240. The molecular weight excluding hydrogens is 208 g/mol. The molecule has 0 aromatic carbocycles. The summed E-state index contributed by atoms with van der Waals surface area (Å²) < 4.78 is 0. The minimum Gasteiger partial charge on any atom is -0.315 e. The first-order valence-corrected chi connectivity index (χ1v) is 7.74. The Labute approximate surface area is 107 Å². The minimum atomic E-state index is 0.820. The number of likely N-dealkylation sites (N-methyl/N-ethyl adjacent to an activating group) is 1. The molecule has 1 heterocycles. The highest BCUT2D eigenvalue weighted by atomic mass is 15.2. The van der Waals surface area contributed by atoms with Gasteiger partial charge in [0.15, 0.2) is 0 Å². The number of nitrogens with zero attached hydrogens (tertiary/aromatic N) is 1. The normalized spacial score (nSPS) is 35.3. The van der Waals surface area contributed by atoms with Crippen LogP contribution in [-0.2, 0) is 0 Å². The van der Waals surface area contributed by atoms with Gasteiger partial charge < -0.3 is 5.32 Å². The molecule has 3 unspecified atom stereocenters. The number of likely N-dealkylation sites (tertiary alicyclic amines) is 1. The monoisotopic (exact) mass is 238 g/mol. The first-order chi connectivity index (χ1) is 8.29. The van der Waals surface area contributed by atoms with Gasteiger partial charge in [0.1, 0.15) is 0 Å². The third kappa shape index (κ3) is 3.96. The van der Waals surface area contributed by atoms with Crippen LogP contribution < -0.4 is 5.32 Å². The van der Waals surface area contributed by atoms with Crippen LogP contribution in [0, 0.1) is 11.8 Å². The summed E-state index contributed by atoms with van der Waals surface area (Å²) in [7, 11) is 0. The van der Waals surface area contributed by atoms with Gasteiger partial charge in [0.25, 0.3) is 0 Å². The van der Waals surface area contributed by atoms with Crippen molar-refractivity contribution in [1.82, 2.24) is 10.2 Å². The van der Waals surface area contributed by atoms with Crippen molar-refractivity contribution in [2.24, 2.45) is 11.8 Å². The van der Waals surface area contributed by atoms with Gasteiger partial charge in [0.2, 0.25) is 0 Å². The molecule has 3 atom stereocenters. The van der Waals surface area contributed by atoms with Crippen LogP contribution >= 0.6 is 0 Å². The van der Waals surface area contributed by atoms with Gasteiger partial charge in [0, 0.05) is 12.6 Å². The summed E-state index contributed by atoms with van der Waals surface area (Å²) in [5, 5.41) is 3.74. The van der Waals surface area contributed by atoms with E-state index < -0.39 is 0 Å². The van der Waals surface area contributed by atoms with E-state index in [4.69, 9.17) is 0 Å². The molecule has 1 saturated heterocycles. The first kappa shape index (κ1) is 13.4. The molecule has 0 spiro atoms. The Bertz CT molecular complexity index is 217. The predicted octanol–water partition coefficient (Wildman–Crippen LogP) is 2.89. The van der Waals surface area contributed by atoms with Gasteiger partial charge in [-0.05, 0) is 57.2 Å². The van der Waals surface area contributed by atoms with Crippen LogP contribution in [0.25, 0.3) is 0 Å². The van der Waals surface area contributed by atoms with Crippen LogP contribution in [0.4, 0.5) is 0 Å². The second kappa shape index (κ2) is 6.75. The fourth-order valence-corrected chi connectivity index (χ4v) is 3.74. The summed E-state index contributed by atoms with van der Waals surface area (Å²) in [5.41, 5.74) is 0. The average molecular weight is 238 g/mol. The van der Waals surface area contributed by atoms with Gasteiger partial charge in [-0.2, -0.15) is 0 Å². The number of nitrogens with one attached hydrogen (secondary N) is 1. The second-order valence-corrected chi connectivity index (χ2v) is 6.22. The minimum absolute atomic E-state index is 0.820. The van der Waals surface area contributed by atoms with E-state index in [9.17, 15) is 0 Å². The maximum absolute atomic E-state index is 3.74. The largest absolute Gasteiger partial charge is 0.315 e. The zero-order valence-electron chi connectivity index (χ0n) is 11.8. The summed E-state index contributed by atoms with van der Waals surface area (Å²) in [4.78, 5) is 2.64. The van der Waals surface area contributed by atoms with Crippen LogP contribution in [0.1, 0.15) is 52.4 Å². The van der Waals surface area contributed by atoms with Crippen molar-refractivity contribution < 1.29 is 0 Å². The van der Waals surface area contributed by atoms with Crippen molar-refractivity contribution in [2.45, 2.75) is 58.4 Å². The topological polar surface area (TPSA) is 15.3 Å². The highest BCUT2D eigenvalue weighted by Crippen LogP contribution is 2.28. The van der Waals surface area contributed by atoms with E-state index in [1.807, 2.05) is 0 Å². The van der Waals surface area contributed by atoms with Crippen molar-refractivity contribution in [1.29, 1.82) is 0 Å². The highest BCUT2D eigenvalue weighted by molar-refractivity contribution is 4.81. The smallest absolute Gasteiger partial charge is 0.0220 e. The zero-order chi connectivity index (χ0) is 12.1. The lowest BCUT2D eigenvalue weighted by atomic mass is 9.82. The van der Waals surface area contributed by atoms with Gasteiger partial charge in [0.05, 0.1) is 0 Å². The van der Waals surface area contributed by atoms with Crippen LogP contribution in [-0.4, -0.2) is 37.1 Å². The lowest BCUT2D eigenvalue weighted by Gasteiger charge is -2.28. The number of hydrogen-bond donors (Lipinski definition) is 1. The fourth-order valence-electron chi connectivity index (χ4n) is 3.74. The predicted molar refractivity (Wildman–Crippen MR) is 74.3 cm³/mol. The molecule has 2 aliphatic rings. The van der Waals surface area contributed by atoms with E-state index in [0.717, 1.165) is 17.9 Å². The molecule has 0 amide bonds. The summed E-state index contributed by atoms with van der Waals surface area (Å²) in [5.74, 6) is 1.92. The van der Waals surface area contributed by atoms with Crippen molar-refractivity contribution in [3.05, 3.63) is 0 Å². The zero-order valence-corrected chi connectivity index (χ0v) is 11.8. The van der Waals surface area contributed by atoms with Crippen LogP contribution in [0.3, 0.4) is 0 Å². The van der Waals surface area contributed by atoms with Crippen molar-refractivity contribution >= 4 is 0 Å². The Morgan fingerprint density at radius 3 is 2.76 bits per heavy atom. The maximum Gasteiger partial charge on any atom is 0.0220 e. The molecule has 0 aromatic rings. The Morgan fingerprint density at radius 2 is 2.00 bits per heavy atom. The lowest BCUT2D eigenvalue weighted by Crippen LogP contribution is -2.39. The van der Waals surface area contributed by atoms with E-state index in [2.05, 4.69) is 24.1 Å². The van der Waals surface area contributed by atoms with E-state index >= 15 is 0 Å². The third-order valence-corrected chi connectivity index (χ3v) is 4.76. The fraction of sp³-hybridized carbons (Fsp3) is 1.00. The Kier molecular flexibility index (Phi) is 5.30. The molecule has 0 radical (unpaired) electrons. The average Bonchev–Trinajstić information content (AvgIpc) is 2.77. The summed E-state index contributed by atoms with van der Waals surface area (Å²) in [6.07, 6.45) is 8.64. The van der Waals surface area contributed by atoms with Gasteiger partial charge >= 0.3 is 0 Å². The van der Waals surface area contributed by atoms with E-state index in [1.165, 1.54) is 64.7 Å². The van der Waals surface area contributed by atoms with Crippen molar-refractivity contribution in [2.75, 3.05) is 26.2 Å². The van der Waals surface area contributed by atoms with Crippen molar-refractivity contribution in [3.8, 4) is 0 Å². The molecule has 2 fully saturated rings. The molecule has 1 saturated carbocycles.